The zero-order valence-corrected chi connectivity index (χ0v) is 15.8. The summed E-state index contributed by atoms with van der Waals surface area (Å²) in [7, 11) is 0. The minimum Gasteiger partial charge on any atom is -0.512 e. The third kappa shape index (κ3) is 4.77. The summed E-state index contributed by atoms with van der Waals surface area (Å²) in [5.41, 5.74) is 1.89. The molecule has 4 rings (SSSR count). The van der Waals surface area contributed by atoms with Gasteiger partial charge in [-0.1, -0.05) is 0 Å². The molecule has 0 aromatic carbocycles. The number of aliphatic hydroxyl groups is 1. The topological polar surface area (TPSA) is 80.5 Å². The third-order valence-electron chi connectivity index (χ3n) is 3.90. The summed E-state index contributed by atoms with van der Waals surface area (Å²) in [6.07, 6.45) is 2.69. The van der Waals surface area contributed by atoms with Gasteiger partial charge in [-0.15, -0.1) is 0 Å². The maximum Gasteiger partial charge on any atom is 0.227 e. The van der Waals surface area contributed by atoms with E-state index in [1.807, 2.05) is 14.7 Å². The first-order chi connectivity index (χ1) is 11.4. The number of allylic oxidation sites excluding steroid dienone is 3. The molecule has 0 aromatic heterocycles. The Morgan fingerprint density at radius 3 is 1.80 bits per heavy atom. The molecule has 0 spiro atoms. The molecule has 25 heavy (non-hydrogen) atoms. The summed E-state index contributed by atoms with van der Waals surface area (Å²) in [5, 5.41) is 8.36. The van der Waals surface area contributed by atoms with Crippen LogP contribution in [0.25, 0.3) is 0 Å². The van der Waals surface area contributed by atoms with E-state index < -0.39 is 0 Å². The number of Topliss-reactive ketones (excluding diaryl/α,β-unsaturated/α-hetero) is 1. The van der Waals surface area contributed by atoms with Crippen LogP contribution >= 0.6 is 0 Å². The quantitative estimate of drug-likeness (QED) is 0.322. The molecule has 1 radical (unpaired) electrons. The Bertz CT molecular complexity index is 695. The van der Waals surface area contributed by atoms with Gasteiger partial charge >= 0.3 is 0 Å². The second-order valence-corrected chi connectivity index (χ2v) is 6.28. The van der Waals surface area contributed by atoms with E-state index in [2.05, 4.69) is 0 Å². The summed E-state index contributed by atoms with van der Waals surface area (Å²) < 4.78 is 0. The SMILES string of the molecule is CC(=O)/C=C(/C)O.O=C1C=C(N2CC2)C(=O)C(N2CC2)=C1N1CC1.[V]. The van der Waals surface area contributed by atoms with Crippen molar-refractivity contribution in [1.29, 1.82) is 0 Å². The van der Waals surface area contributed by atoms with Crippen LogP contribution < -0.4 is 0 Å². The average molecular weight is 382 g/mol. The van der Waals surface area contributed by atoms with Crippen molar-refractivity contribution >= 4 is 17.3 Å². The Morgan fingerprint density at radius 1 is 0.960 bits per heavy atom. The molecule has 0 bridgehead atoms. The van der Waals surface area contributed by atoms with Crippen molar-refractivity contribution in [2.24, 2.45) is 0 Å². The summed E-state index contributed by atoms with van der Waals surface area (Å²) in [6.45, 7) is 8.25. The standard InChI is InChI=1S/C12H13N3O2.C5H8O2.V/c16-9-7-8(13-1-2-13)12(17)11(15-5-6-15)10(9)14-3-4-14;1-4(6)3-5(2)7;/h7H,1-6H2;3,6H,1-2H3;/b;4-3-;. The van der Waals surface area contributed by atoms with Gasteiger partial charge < -0.3 is 19.8 Å². The second-order valence-electron chi connectivity index (χ2n) is 6.28. The van der Waals surface area contributed by atoms with Crippen LogP contribution in [0.1, 0.15) is 13.8 Å². The Kier molecular flexibility index (Phi) is 5.80. The Morgan fingerprint density at radius 2 is 1.44 bits per heavy atom. The summed E-state index contributed by atoms with van der Waals surface area (Å²) in [4.78, 5) is 40.5. The summed E-state index contributed by atoms with van der Waals surface area (Å²) >= 11 is 0. The number of carbonyl (C=O) groups is 3. The molecule has 4 aliphatic rings. The van der Waals surface area contributed by atoms with Gasteiger partial charge in [-0.2, -0.15) is 0 Å². The van der Waals surface area contributed by atoms with Crippen molar-refractivity contribution in [2.45, 2.75) is 13.8 Å². The van der Waals surface area contributed by atoms with Gasteiger partial charge in [0.15, 0.2) is 5.78 Å². The van der Waals surface area contributed by atoms with Crippen LogP contribution in [0.5, 0.6) is 0 Å². The Labute approximate surface area is 158 Å². The fraction of sp³-hybridized carbons (Fsp3) is 0.471. The van der Waals surface area contributed by atoms with E-state index in [4.69, 9.17) is 5.11 Å². The van der Waals surface area contributed by atoms with Crippen LogP contribution in [0.3, 0.4) is 0 Å². The molecule has 0 amide bonds. The van der Waals surface area contributed by atoms with Gasteiger partial charge in [0.1, 0.15) is 11.4 Å². The van der Waals surface area contributed by atoms with Gasteiger partial charge in [-0.05, 0) is 13.8 Å². The first-order valence-electron chi connectivity index (χ1n) is 8.06. The smallest absolute Gasteiger partial charge is 0.227 e. The molecule has 0 atom stereocenters. The molecule has 0 aromatic rings. The average Bonchev–Trinajstić information content (AvgIpc) is 3.36. The van der Waals surface area contributed by atoms with Crippen LogP contribution in [-0.2, 0) is 32.9 Å². The Balaban J connectivity index is 0.000000246. The summed E-state index contributed by atoms with van der Waals surface area (Å²) in [5.74, 6) is -0.0140. The third-order valence-corrected chi connectivity index (χ3v) is 3.90. The van der Waals surface area contributed by atoms with Gasteiger partial charge in [0.2, 0.25) is 11.6 Å². The van der Waals surface area contributed by atoms with Crippen LogP contribution in [-0.4, -0.2) is 76.4 Å². The van der Waals surface area contributed by atoms with Gasteiger partial charge in [-0.25, -0.2) is 0 Å². The van der Waals surface area contributed by atoms with Crippen molar-refractivity contribution in [3.63, 3.8) is 0 Å². The molecule has 3 heterocycles. The monoisotopic (exact) mass is 382 g/mol. The molecular formula is C17H21N3O4V. The molecule has 1 aliphatic carbocycles. The maximum atomic E-state index is 12.4. The molecular weight excluding hydrogens is 361 g/mol. The molecule has 133 valence electrons. The van der Waals surface area contributed by atoms with E-state index in [1.54, 1.807) is 0 Å². The van der Waals surface area contributed by atoms with Gasteiger partial charge in [0.25, 0.3) is 0 Å². The zero-order chi connectivity index (χ0) is 17.4. The summed E-state index contributed by atoms with van der Waals surface area (Å²) in [6, 6.07) is 0. The van der Waals surface area contributed by atoms with Crippen molar-refractivity contribution in [3.8, 4) is 0 Å². The first-order valence-corrected chi connectivity index (χ1v) is 8.06. The minimum atomic E-state index is -0.125. The minimum absolute atomic E-state index is 0. The Hall–Kier alpha value is -1.99. The molecule has 1 N–H and O–H groups in total. The van der Waals surface area contributed by atoms with Gasteiger partial charge in [0.05, 0.1) is 11.5 Å². The predicted molar refractivity (Wildman–Crippen MR) is 86.9 cm³/mol. The maximum absolute atomic E-state index is 12.4. The molecule has 3 fully saturated rings. The molecule has 0 saturated carbocycles. The van der Waals surface area contributed by atoms with E-state index in [1.165, 1.54) is 26.0 Å². The van der Waals surface area contributed by atoms with Crippen LogP contribution in [0.15, 0.2) is 35.0 Å². The number of ketones is 3. The van der Waals surface area contributed by atoms with Crippen LogP contribution in [0.2, 0.25) is 0 Å². The van der Waals surface area contributed by atoms with E-state index in [0.29, 0.717) is 17.1 Å². The number of hydrogen-bond acceptors (Lipinski definition) is 7. The van der Waals surface area contributed by atoms with Crippen molar-refractivity contribution in [1.82, 2.24) is 14.7 Å². The molecule has 7 nitrogen and oxygen atoms in total. The first kappa shape index (κ1) is 19.3. The van der Waals surface area contributed by atoms with E-state index in [-0.39, 0.29) is 41.7 Å². The molecule has 8 heteroatoms. The van der Waals surface area contributed by atoms with Crippen molar-refractivity contribution in [3.05, 3.63) is 35.0 Å². The number of aliphatic hydroxyl groups excluding tert-OH is 1. The van der Waals surface area contributed by atoms with Crippen LogP contribution in [0, 0.1) is 0 Å². The van der Waals surface area contributed by atoms with E-state index >= 15 is 0 Å². The van der Waals surface area contributed by atoms with Crippen molar-refractivity contribution < 1.29 is 38.0 Å². The molecule has 0 unspecified atom stereocenters. The fourth-order valence-corrected chi connectivity index (χ4v) is 2.57. The largest absolute Gasteiger partial charge is 0.512 e. The number of hydrogen-bond donors (Lipinski definition) is 1. The van der Waals surface area contributed by atoms with E-state index in [0.717, 1.165) is 39.3 Å². The second kappa shape index (κ2) is 7.50. The van der Waals surface area contributed by atoms with Crippen LogP contribution in [0.4, 0.5) is 0 Å². The van der Waals surface area contributed by atoms with Gasteiger partial charge in [-0.3, -0.25) is 14.4 Å². The zero-order valence-electron chi connectivity index (χ0n) is 14.4. The molecule has 3 saturated heterocycles. The fourth-order valence-electron chi connectivity index (χ4n) is 2.57. The predicted octanol–water partition coefficient (Wildman–Crippen LogP) is 0.215. The number of carbonyl (C=O) groups excluding carboxylic acids is 3. The van der Waals surface area contributed by atoms with Crippen molar-refractivity contribution in [2.75, 3.05) is 39.3 Å². The normalized spacial score (nSPS) is 21.3. The van der Waals surface area contributed by atoms with E-state index in [9.17, 15) is 14.4 Å². The van der Waals surface area contributed by atoms with Gasteiger partial charge in [0, 0.05) is 70.0 Å². The number of nitrogens with zero attached hydrogens (tertiary/aromatic N) is 3. The number of rotatable bonds is 4. The molecule has 3 aliphatic heterocycles.